The number of nitrogens with zero attached hydrogens (tertiary/aromatic N) is 3. The van der Waals surface area contributed by atoms with Gasteiger partial charge in [0.2, 0.25) is 5.91 Å². The Morgan fingerprint density at radius 2 is 1.66 bits per heavy atom. The van der Waals surface area contributed by atoms with E-state index in [1.807, 2.05) is 93.7 Å². The number of rotatable bonds is 12. The van der Waals surface area contributed by atoms with Crippen LogP contribution in [0.5, 0.6) is 0 Å². The zero-order valence-electron chi connectivity index (χ0n) is 24.5. The lowest BCUT2D eigenvalue weighted by Gasteiger charge is -2.37. The van der Waals surface area contributed by atoms with Crippen molar-refractivity contribution in [3.63, 3.8) is 0 Å². The number of benzene rings is 2. The normalized spacial score (nSPS) is 16.9. The molecule has 1 fully saturated rings. The number of aryl methyl sites for hydroxylation is 1. The van der Waals surface area contributed by atoms with Crippen molar-refractivity contribution in [2.24, 2.45) is 11.1 Å². The molecule has 3 aromatic rings. The van der Waals surface area contributed by atoms with E-state index in [4.69, 9.17) is 5.73 Å². The molecule has 9 heteroatoms. The van der Waals surface area contributed by atoms with Gasteiger partial charge in [0.15, 0.2) is 0 Å². The first-order valence-electron chi connectivity index (χ1n) is 14.3. The Morgan fingerprint density at radius 1 is 1.05 bits per heavy atom. The number of aromatic nitrogens is 1. The van der Waals surface area contributed by atoms with Crippen molar-refractivity contribution in [3.8, 4) is 0 Å². The quantitative estimate of drug-likeness (QED) is 0.299. The van der Waals surface area contributed by atoms with E-state index in [0.717, 1.165) is 21.8 Å². The average molecular weight is 578 g/mol. The maximum Gasteiger partial charge on any atom is 0.321 e. The Bertz CT molecular complexity index is 1280. The first kappa shape index (κ1) is 30.7. The van der Waals surface area contributed by atoms with Crippen LogP contribution >= 0.6 is 11.3 Å². The molecule has 0 aliphatic carbocycles. The molecule has 220 valence electrons. The molecule has 1 aromatic heterocycles. The number of nitrogens with two attached hydrogens (primary N) is 1. The van der Waals surface area contributed by atoms with E-state index >= 15 is 0 Å². The highest BCUT2D eigenvalue weighted by Gasteiger charge is 2.44. The summed E-state index contributed by atoms with van der Waals surface area (Å²) in [6.45, 7) is 9.32. The van der Waals surface area contributed by atoms with E-state index in [9.17, 15) is 14.7 Å². The molecule has 1 aliphatic heterocycles. The Hall–Kier alpha value is -3.27. The Balaban J connectivity index is 1.48. The summed E-state index contributed by atoms with van der Waals surface area (Å²) in [5, 5.41) is 17.3. The minimum atomic E-state index is -0.817. The minimum Gasteiger partial charge on any atom is -0.391 e. The van der Waals surface area contributed by atoms with Crippen molar-refractivity contribution < 1.29 is 14.7 Å². The van der Waals surface area contributed by atoms with Crippen LogP contribution in [0, 0.1) is 12.3 Å². The first-order valence-corrected chi connectivity index (χ1v) is 15.2. The second-order valence-electron chi connectivity index (χ2n) is 12.1. The van der Waals surface area contributed by atoms with Crippen LogP contribution in [-0.4, -0.2) is 69.1 Å². The molecule has 2 heterocycles. The number of amides is 3. The van der Waals surface area contributed by atoms with Gasteiger partial charge in [-0.05, 0) is 42.7 Å². The van der Waals surface area contributed by atoms with Gasteiger partial charge in [-0.25, -0.2) is 9.78 Å². The van der Waals surface area contributed by atoms with Crippen LogP contribution in [0.25, 0.3) is 0 Å². The van der Waals surface area contributed by atoms with E-state index in [0.29, 0.717) is 38.9 Å². The largest absolute Gasteiger partial charge is 0.391 e. The fourth-order valence-corrected chi connectivity index (χ4v) is 6.13. The third-order valence-corrected chi connectivity index (χ3v) is 8.35. The molecular formula is C32H43N5O3S. The molecule has 0 spiro atoms. The summed E-state index contributed by atoms with van der Waals surface area (Å²) in [6, 6.07) is 18.1. The summed E-state index contributed by atoms with van der Waals surface area (Å²) >= 11 is 1.56. The molecule has 8 nitrogen and oxygen atoms in total. The fourth-order valence-electron chi connectivity index (χ4n) is 5.53. The van der Waals surface area contributed by atoms with E-state index in [1.165, 1.54) is 0 Å². The second kappa shape index (κ2) is 13.6. The standard InChI is InChI=1S/C32H43N5O3S/c1-22-34-26(21-41-22)20-36-15-16-37(31(36)40)29(32(2,3)4)30(39)35-25(17-23-11-7-5-8-12-23)19-28(38)27(33)18-24-13-9-6-10-14-24/h5-14,21,25,27-29,38H,15-20,33H2,1-4H3,(H,35,39)/t25-,27-,28-,29?/m0/s1. The fraction of sp³-hybridized carbons (Fsp3) is 0.469. The lowest BCUT2D eigenvalue weighted by atomic mass is 9.84. The molecule has 4 atom stereocenters. The third-order valence-electron chi connectivity index (χ3n) is 7.53. The van der Waals surface area contributed by atoms with Gasteiger partial charge in [0, 0.05) is 30.6 Å². The van der Waals surface area contributed by atoms with Crippen molar-refractivity contribution in [1.29, 1.82) is 0 Å². The minimum absolute atomic E-state index is 0.157. The first-order chi connectivity index (χ1) is 19.5. The molecule has 1 aliphatic rings. The van der Waals surface area contributed by atoms with Crippen LogP contribution in [0.1, 0.15) is 49.0 Å². The maximum absolute atomic E-state index is 14.0. The van der Waals surface area contributed by atoms with E-state index < -0.39 is 23.6 Å². The summed E-state index contributed by atoms with van der Waals surface area (Å²) in [5.41, 5.74) is 8.89. The van der Waals surface area contributed by atoms with Crippen LogP contribution in [0.3, 0.4) is 0 Å². The SMILES string of the molecule is Cc1nc(CN2CCN(C(C(=O)N[C@@H](Cc3ccccc3)C[C@H](O)[C@@H](N)Cc3ccccc3)C(C)(C)C)C2=O)cs1. The van der Waals surface area contributed by atoms with Crippen LogP contribution in [-0.2, 0) is 24.2 Å². The number of hydrogen-bond acceptors (Lipinski definition) is 6. The smallest absolute Gasteiger partial charge is 0.321 e. The molecule has 4 N–H and O–H groups in total. The van der Waals surface area contributed by atoms with Crippen LogP contribution < -0.4 is 11.1 Å². The summed E-state index contributed by atoms with van der Waals surface area (Å²) in [4.78, 5) is 35.5. The number of thiazole rings is 1. The van der Waals surface area contributed by atoms with Crippen LogP contribution in [0.2, 0.25) is 0 Å². The average Bonchev–Trinajstić information content (AvgIpc) is 3.49. The number of aliphatic hydroxyl groups excluding tert-OH is 1. The number of carbonyl (C=O) groups excluding carboxylic acids is 2. The molecule has 3 amide bonds. The molecule has 41 heavy (non-hydrogen) atoms. The predicted molar refractivity (Wildman–Crippen MR) is 163 cm³/mol. The zero-order chi connectivity index (χ0) is 29.6. The van der Waals surface area contributed by atoms with Gasteiger partial charge < -0.3 is 26.0 Å². The Kier molecular flexibility index (Phi) is 10.2. The highest BCUT2D eigenvalue weighted by Crippen LogP contribution is 2.29. The molecular weight excluding hydrogens is 534 g/mol. The van der Waals surface area contributed by atoms with Crippen LogP contribution in [0.4, 0.5) is 4.79 Å². The van der Waals surface area contributed by atoms with Gasteiger partial charge in [0.1, 0.15) is 6.04 Å². The Labute approximate surface area is 247 Å². The number of urea groups is 1. The van der Waals surface area contributed by atoms with E-state index in [1.54, 1.807) is 21.1 Å². The van der Waals surface area contributed by atoms with Gasteiger partial charge in [-0.2, -0.15) is 0 Å². The summed E-state index contributed by atoms with van der Waals surface area (Å²) in [6.07, 6.45) is 0.564. The van der Waals surface area contributed by atoms with Gasteiger partial charge in [-0.15, -0.1) is 11.3 Å². The van der Waals surface area contributed by atoms with Gasteiger partial charge >= 0.3 is 6.03 Å². The lowest BCUT2D eigenvalue weighted by Crippen LogP contribution is -2.57. The number of aliphatic hydroxyl groups is 1. The molecule has 1 unspecified atom stereocenters. The summed E-state index contributed by atoms with van der Waals surface area (Å²) < 4.78 is 0. The third kappa shape index (κ3) is 8.38. The maximum atomic E-state index is 14.0. The molecule has 2 aromatic carbocycles. The number of hydrogen-bond donors (Lipinski definition) is 3. The number of nitrogens with one attached hydrogen (secondary N) is 1. The number of carbonyl (C=O) groups is 2. The van der Waals surface area contributed by atoms with Crippen molar-refractivity contribution >= 4 is 23.3 Å². The zero-order valence-corrected chi connectivity index (χ0v) is 25.3. The summed E-state index contributed by atoms with van der Waals surface area (Å²) in [7, 11) is 0. The molecule has 0 saturated carbocycles. The van der Waals surface area contributed by atoms with Gasteiger partial charge in [-0.3, -0.25) is 4.79 Å². The van der Waals surface area contributed by atoms with Gasteiger partial charge in [0.25, 0.3) is 0 Å². The predicted octanol–water partition coefficient (Wildman–Crippen LogP) is 4.15. The topological polar surface area (TPSA) is 112 Å². The van der Waals surface area contributed by atoms with Crippen molar-refractivity contribution in [1.82, 2.24) is 20.1 Å². The van der Waals surface area contributed by atoms with E-state index in [-0.39, 0.29) is 18.0 Å². The highest BCUT2D eigenvalue weighted by molar-refractivity contribution is 7.09. The van der Waals surface area contributed by atoms with Gasteiger partial charge in [0.05, 0.1) is 23.4 Å². The summed E-state index contributed by atoms with van der Waals surface area (Å²) in [5.74, 6) is -0.220. The lowest BCUT2D eigenvalue weighted by molar-refractivity contribution is -0.129. The van der Waals surface area contributed by atoms with Crippen molar-refractivity contribution in [3.05, 3.63) is 87.9 Å². The molecule has 4 rings (SSSR count). The monoisotopic (exact) mass is 577 g/mol. The van der Waals surface area contributed by atoms with Gasteiger partial charge in [-0.1, -0.05) is 81.4 Å². The second-order valence-corrected chi connectivity index (χ2v) is 13.1. The highest BCUT2D eigenvalue weighted by atomic mass is 32.1. The van der Waals surface area contributed by atoms with Crippen molar-refractivity contribution in [2.45, 2.75) is 77.7 Å². The Morgan fingerprint density at radius 3 is 2.22 bits per heavy atom. The van der Waals surface area contributed by atoms with Crippen LogP contribution in [0.15, 0.2) is 66.0 Å². The molecule has 1 saturated heterocycles. The molecule has 0 radical (unpaired) electrons. The molecule has 0 bridgehead atoms. The van der Waals surface area contributed by atoms with E-state index in [2.05, 4.69) is 10.3 Å². The van der Waals surface area contributed by atoms with Crippen molar-refractivity contribution in [2.75, 3.05) is 13.1 Å².